The Morgan fingerprint density at radius 1 is 1.10 bits per heavy atom. The maximum atomic E-state index is 3.96. The molecule has 1 aromatic rings. The van der Waals surface area contributed by atoms with Crippen LogP contribution in [0.3, 0.4) is 0 Å². The maximum absolute atomic E-state index is 3.96. The molecule has 1 aliphatic carbocycles. The topological polar surface area (TPSA) is 12.0 Å². The van der Waals surface area contributed by atoms with Gasteiger partial charge in [0.1, 0.15) is 0 Å². The Hall–Kier alpha value is -0.820. The molecule has 4 atom stereocenters. The minimum Gasteiger partial charge on any atom is -0.307 e. The predicted molar refractivity (Wildman–Crippen MR) is 92.6 cm³/mol. The van der Waals surface area contributed by atoms with Crippen molar-refractivity contribution in [2.45, 2.75) is 72.9 Å². The van der Waals surface area contributed by atoms with Crippen molar-refractivity contribution < 1.29 is 0 Å². The molecule has 0 saturated heterocycles. The molecule has 4 unspecified atom stereocenters. The van der Waals surface area contributed by atoms with Crippen LogP contribution in [0, 0.1) is 31.6 Å². The molecule has 1 fully saturated rings. The summed E-state index contributed by atoms with van der Waals surface area (Å²) in [5.41, 5.74) is 4.23. The normalized spacial score (nSPS) is 27.9. The third kappa shape index (κ3) is 4.10. The van der Waals surface area contributed by atoms with Gasteiger partial charge < -0.3 is 5.32 Å². The van der Waals surface area contributed by atoms with Crippen molar-refractivity contribution in [1.29, 1.82) is 0 Å². The van der Waals surface area contributed by atoms with Crippen molar-refractivity contribution in [3.05, 3.63) is 34.9 Å². The molecule has 0 bridgehead atoms. The fourth-order valence-electron chi connectivity index (χ4n) is 4.12. The van der Waals surface area contributed by atoms with E-state index in [-0.39, 0.29) is 0 Å². The molecule has 118 valence electrons. The van der Waals surface area contributed by atoms with E-state index in [0.29, 0.717) is 12.1 Å². The number of nitrogens with one attached hydrogen (secondary N) is 1. The van der Waals surface area contributed by atoms with Gasteiger partial charge in [0, 0.05) is 12.1 Å². The zero-order valence-electron chi connectivity index (χ0n) is 14.7. The SMILES string of the molecule is Cc1ccc(C(C)NC2CC(C)CCC2C(C)C)c(C)c1. The minimum atomic E-state index is 0.446. The smallest absolute Gasteiger partial charge is 0.0297 e. The van der Waals surface area contributed by atoms with Crippen LogP contribution in [0.2, 0.25) is 0 Å². The lowest BCUT2D eigenvalue weighted by Crippen LogP contribution is -2.44. The van der Waals surface area contributed by atoms with Crippen molar-refractivity contribution in [2.24, 2.45) is 17.8 Å². The highest BCUT2D eigenvalue weighted by Crippen LogP contribution is 2.35. The molecule has 1 nitrogen and oxygen atoms in total. The van der Waals surface area contributed by atoms with Crippen LogP contribution >= 0.6 is 0 Å². The van der Waals surface area contributed by atoms with Crippen LogP contribution in [0.5, 0.6) is 0 Å². The molecular formula is C20H33N. The number of benzene rings is 1. The van der Waals surface area contributed by atoms with Crippen molar-refractivity contribution in [3.8, 4) is 0 Å². The Morgan fingerprint density at radius 3 is 2.43 bits per heavy atom. The van der Waals surface area contributed by atoms with Gasteiger partial charge >= 0.3 is 0 Å². The standard InChI is InChI=1S/C20H33N/c1-13(2)18-9-7-15(4)12-20(18)21-17(6)19-10-8-14(3)11-16(19)5/h8,10-11,13,15,17-18,20-21H,7,9,12H2,1-6H3. The summed E-state index contributed by atoms with van der Waals surface area (Å²) in [6.07, 6.45) is 4.12. The summed E-state index contributed by atoms with van der Waals surface area (Å²) in [4.78, 5) is 0. The van der Waals surface area contributed by atoms with E-state index >= 15 is 0 Å². The van der Waals surface area contributed by atoms with E-state index in [2.05, 4.69) is 65.1 Å². The summed E-state index contributed by atoms with van der Waals surface area (Å²) in [6, 6.07) is 7.96. The molecule has 0 aliphatic heterocycles. The monoisotopic (exact) mass is 287 g/mol. The van der Waals surface area contributed by atoms with Gasteiger partial charge in [-0.05, 0) is 62.5 Å². The molecule has 0 spiro atoms. The lowest BCUT2D eigenvalue weighted by molar-refractivity contribution is 0.161. The van der Waals surface area contributed by atoms with E-state index in [4.69, 9.17) is 0 Å². The Labute approximate surface area is 131 Å². The van der Waals surface area contributed by atoms with Crippen LogP contribution < -0.4 is 5.32 Å². The fraction of sp³-hybridized carbons (Fsp3) is 0.700. The van der Waals surface area contributed by atoms with Gasteiger partial charge in [-0.25, -0.2) is 0 Å². The second kappa shape index (κ2) is 6.96. The Morgan fingerprint density at radius 2 is 1.81 bits per heavy atom. The van der Waals surface area contributed by atoms with Crippen LogP contribution in [0.25, 0.3) is 0 Å². The van der Waals surface area contributed by atoms with Crippen LogP contribution in [0.15, 0.2) is 18.2 Å². The Bertz CT molecular complexity index is 463. The first-order valence-electron chi connectivity index (χ1n) is 8.71. The molecule has 1 N–H and O–H groups in total. The molecule has 1 saturated carbocycles. The van der Waals surface area contributed by atoms with E-state index in [9.17, 15) is 0 Å². The third-order valence-electron chi connectivity index (χ3n) is 5.38. The molecule has 2 rings (SSSR count). The van der Waals surface area contributed by atoms with E-state index in [0.717, 1.165) is 17.8 Å². The molecule has 0 heterocycles. The second-order valence-electron chi connectivity index (χ2n) is 7.68. The largest absolute Gasteiger partial charge is 0.307 e. The number of hydrogen-bond acceptors (Lipinski definition) is 1. The number of aryl methyl sites for hydroxylation is 2. The van der Waals surface area contributed by atoms with Crippen LogP contribution in [0.1, 0.15) is 69.7 Å². The lowest BCUT2D eigenvalue weighted by atomic mass is 9.73. The summed E-state index contributed by atoms with van der Waals surface area (Å²) in [7, 11) is 0. The third-order valence-corrected chi connectivity index (χ3v) is 5.38. The minimum absolute atomic E-state index is 0.446. The van der Waals surface area contributed by atoms with Crippen LogP contribution in [-0.4, -0.2) is 6.04 Å². The van der Waals surface area contributed by atoms with Gasteiger partial charge in [0.15, 0.2) is 0 Å². The van der Waals surface area contributed by atoms with E-state index < -0.39 is 0 Å². The molecule has 0 aromatic heterocycles. The zero-order valence-corrected chi connectivity index (χ0v) is 14.7. The van der Waals surface area contributed by atoms with Crippen LogP contribution in [0.4, 0.5) is 0 Å². The number of rotatable bonds is 4. The summed E-state index contributed by atoms with van der Waals surface area (Å²) in [5, 5.41) is 3.96. The van der Waals surface area contributed by atoms with Crippen molar-refractivity contribution in [3.63, 3.8) is 0 Å². The second-order valence-corrected chi connectivity index (χ2v) is 7.68. The highest BCUT2D eigenvalue weighted by Gasteiger charge is 2.31. The number of hydrogen-bond donors (Lipinski definition) is 1. The molecule has 0 amide bonds. The summed E-state index contributed by atoms with van der Waals surface area (Å²) >= 11 is 0. The van der Waals surface area contributed by atoms with Gasteiger partial charge in [0.05, 0.1) is 0 Å². The predicted octanol–water partition coefficient (Wildman–Crippen LogP) is 5.41. The van der Waals surface area contributed by atoms with Gasteiger partial charge in [-0.2, -0.15) is 0 Å². The van der Waals surface area contributed by atoms with Gasteiger partial charge in [0.25, 0.3) is 0 Å². The van der Waals surface area contributed by atoms with Crippen molar-refractivity contribution >= 4 is 0 Å². The summed E-state index contributed by atoms with van der Waals surface area (Å²) in [6.45, 7) is 13.9. The van der Waals surface area contributed by atoms with E-state index in [1.165, 1.54) is 36.0 Å². The van der Waals surface area contributed by atoms with Gasteiger partial charge in [-0.1, -0.05) is 51.0 Å². The molecule has 21 heavy (non-hydrogen) atoms. The molecule has 1 heteroatoms. The lowest BCUT2D eigenvalue weighted by Gasteiger charge is -2.39. The van der Waals surface area contributed by atoms with Gasteiger partial charge in [-0.15, -0.1) is 0 Å². The summed E-state index contributed by atoms with van der Waals surface area (Å²) in [5.74, 6) is 2.47. The molecule has 1 aromatic carbocycles. The van der Waals surface area contributed by atoms with Crippen molar-refractivity contribution in [2.75, 3.05) is 0 Å². The first-order valence-corrected chi connectivity index (χ1v) is 8.71. The zero-order chi connectivity index (χ0) is 15.6. The average Bonchev–Trinajstić information content (AvgIpc) is 2.37. The van der Waals surface area contributed by atoms with Gasteiger partial charge in [-0.3, -0.25) is 0 Å². The molecule has 1 aliphatic rings. The first-order chi connectivity index (χ1) is 9.88. The molecular weight excluding hydrogens is 254 g/mol. The average molecular weight is 287 g/mol. The van der Waals surface area contributed by atoms with Crippen molar-refractivity contribution in [1.82, 2.24) is 5.32 Å². The fourth-order valence-corrected chi connectivity index (χ4v) is 4.12. The summed E-state index contributed by atoms with van der Waals surface area (Å²) < 4.78 is 0. The quantitative estimate of drug-likeness (QED) is 0.780. The van der Waals surface area contributed by atoms with E-state index in [1.54, 1.807) is 0 Å². The highest BCUT2D eigenvalue weighted by atomic mass is 15.0. The Kier molecular flexibility index (Phi) is 5.48. The molecule has 0 radical (unpaired) electrons. The van der Waals surface area contributed by atoms with E-state index in [1.807, 2.05) is 0 Å². The Balaban J connectivity index is 2.10. The highest BCUT2D eigenvalue weighted by molar-refractivity contribution is 5.32. The van der Waals surface area contributed by atoms with Crippen LogP contribution in [-0.2, 0) is 0 Å². The van der Waals surface area contributed by atoms with Gasteiger partial charge in [0.2, 0.25) is 0 Å². The maximum Gasteiger partial charge on any atom is 0.0297 e. The first kappa shape index (κ1) is 16.5.